The molecule has 2 heterocycles. The highest BCUT2D eigenvalue weighted by molar-refractivity contribution is 5.71. The second-order valence-electron chi connectivity index (χ2n) is 4.70. The Labute approximate surface area is 100 Å². The Morgan fingerprint density at radius 3 is 2.94 bits per heavy atom. The largest absolute Gasteiger partial charge is 0.481 e. The number of aliphatic carboxylic acids is 1. The standard InChI is InChI=1S/C12H17N3O2/c1-8(2)11-13-5-3-10(14-11)15-6-4-9(7-15)12(16)17/h3,5,8-9H,4,6-7H2,1-2H3,(H,16,17). The number of anilines is 1. The molecule has 5 nitrogen and oxygen atoms in total. The first-order valence-corrected chi connectivity index (χ1v) is 5.88. The Balaban J connectivity index is 2.13. The number of carboxylic acid groups (broad SMARTS) is 1. The van der Waals surface area contributed by atoms with Gasteiger partial charge in [-0.05, 0) is 12.5 Å². The lowest BCUT2D eigenvalue weighted by molar-refractivity contribution is -0.140. The van der Waals surface area contributed by atoms with Crippen molar-refractivity contribution in [2.24, 2.45) is 5.92 Å². The number of hydrogen-bond donors (Lipinski definition) is 1. The fraction of sp³-hybridized carbons (Fsp3) is 0.583. The summed E-state index contributed by atoms with van der Waals surface area (Å²) in [6.07, 6.45) is 2.43. The van der Waals surface area contributed by atoms with E-state index in [0.29, 0.717) is 13.0 Å². The molecule has 1 saturated heterocycles. The zero-order valence-corrected chi connectivity index (χ0v) is 10.1. The molecule has 1 N–H and O–H groups in total. The summed E-state index contributed by atoms with van der Waals surface area (Å²) in [6.45, 7) is 5.39. The van der Waals surface area contributed by atoms with E-state index in [4.69, 9.17) is 5.11 Å². The van der Waals surface area contributed by atoms with Crippen LogP contribution in [0, 0.1) is 5.92 Å². The number of rotatable bonds is 3. The van der Waals surface area contributed by atoms with Gasteiger partial charge in [-0.15, -0.1) is 0 Å². The van der Waals surface area contributed by atoms with Crippen molar-refractivity contribution in [1.29, 1.82) is 0 Å². The first-order chi connectivity index (χ1) is 8.08. The third-order valence-electron chi connectivity index (χ3n) is 3.04. The number of carboxylic acids is 1. The van der Waals surface area contributed by atoms with Gasteiger partial charge in [-0.1, -0.05) is 13.8 Å². The lowest BCUT2D eigenvalue weighted by Gasteiger charge is -2.17. The SMILES string of the molecule is CC(C)c1nccc(N2CCC(C(=O)O)C2)n1. The molecule has 0 radical (unpaired) electrons. The zero-order chi connectivity index (χ0) is 12.4. The molecule has 0 amide bonds. The second-order valence-corrected chi connectivity index (χ2v) is 4.70. The molecule has 92 valence electrons. The van der Waals surface area contributed by atoms with E-state index in [2.05, 4.69) is 9.97 Å². The Bertz CT molecular complexity index is 420. The highest BCUT2D eigenvalue weighted by atomic mass is 16.4. The van der Waals surface area contributed by atoms with Gasteiger partial charge >= 0.3 is 5.97 Å². The maximum absolute atomic E-state index is 10.9. The summed E-state index contributed by atoms with van der Waals surface area (Å²) in [5.74, 6) is 0.944. The molecular weight excluding hydrogens is 218 g/mol. The molecule has 1 unspecified atom stereocenters. The molecule has 1 aliphatic heterocycles. The molecule has 0 aliphatic carbocycles. The summed E-state index contributed by atoms with van der Waals surface area (Å²) >= 11 is 0. The molecule has 1 aromatic rings. The quantitative estimate of drug-likeness (QED) is 0.860. The fourth-order valence-corrected chi connectivity index (χ4v) is 1.99. The van der Waals surface area contributed by atoms with Crippen LogP contribution < -0.4 is 4.90 Å². The van der Waals surface area contributed by atoms with Crippen LogP contribution in [0.4, 0.5) is 5.82 Å². The summed E-state index contributed by atoms with van der Waals surface area (Å²) in [5.41, 5.74) is 0. The Kier molecular flexibility index (Phi) is 3.26. The maximum atomic E-state index is 10.9. The van der Waals surface area contributed by atoms with Crippen LogP contribution in [0.1, 0.15) is 32.0 Å². The molecule has 0 bridgehead atoms. The smallest absolute Gasteiger partial charge is 0.308 e. The molecule has 1 fully saturated rings. The van der Waals surface area contributed by atoms with Crippen LogP contribution in [0.2, 0.25) is 0 Å². The molecule has 0 spiro atoms. The predicted octanol–water partition coefficient (Wildman–Crippen LogP) is 1.51. The average molecular weight is 235 g/mol. The first kappa shape index (κ1) is 11.8. The van der Waals surface area contributed by atoms with Gasteiger partial charge in [0.25, 0.3) is 0 Å². The Morgan fingerprint density at radius 2 is 2.35 bits per heavy atom. The Morgan fingerprint density at radius 1 is 1.59 bits per heavy atom. The van der Waals surface area contributed by atoms with Crippen molar-refractivity contribution in [2.75, 3.05) is 18.0 Å². The van der Waals surface area contributed by atoms with Gasteiger partial charge in [-0.2, -0.15) is 0 Å². The van der Waals surface area contributed by atoms with Crippen molar-refractivity contribution in [2.45, 2.75) is 26.2 Å². The van der Waals surface area contributed by atoms with Crippen molar-refractivity contribution in [1.82, 2.24) is 9.97 Å². The van der Waals surface area contributed by atoms with Gasteiger partial charge in [0.05, 0.1) is 5.92 Å². The molecule has 0 saturated carbocycles. The van der Waals surface area contributed by atoms with E-state index < -0.39 is 5.97 Å². The lowest BCUT2D eigenvalue weighted by atomic mass is 10.1. The van der Waals surface area contributed by atoms with Crippen LogP contribution in [-0.4, -0.2) is 34.1 Å². The molecule has 5 heteroatoms. The van der Waals surface area contributed by atoms with Gasteiger partial charge in [-0.3, -0.25) is 4.79 Å². The molecule has 0 aromatic carbocycles. The molecule has 1 aliphatic rings. The van der Waals surface area contributed by atoms with Gasteiger partial charge in [0.15, 0.2) is 0 Å². The summed E-state index contributed by atoms with van der Waals surface area (Å²) in [5, 5.41) is 8.96. The average Bonchev–Trinajstić information content (AvgIpc) is 2.78. The van der Waals surface area contributed by atoms with E-state index in [9.17, 15) is 4.79 Å². The van der Waals surface area contributed by atoms with Crippen molar-refractivity contribution in [3.8, 4) is 0 Å². The molecule has 2 rings (SSSR count). The highest BCUT2D eigenvalue weighted by Crippen LogP contribution is 2.23. The maximum Gasteiger partial charge on any atom is 0.308 e. The van der Waals surface area contributed by atoms with Crippen LogP contribution >= 0.6 is 0 Å². The Hall–Kier alpha value is -1.65. The van der Waals surface area contributed by atoms with E-state index in [-0.39, 0.29) is 11.8 Å². The van der Waals surface area contributed by atoms with Crippen molar-refractivity contribution < 1.29 is 9.90 Å². The molecule has 1 aromatic heterocycles. The molecule has 17 heavy (non-hydrogen) atoms. The van der Waals surface area contributed by atoms with E-state index in [1.807, 2.05) is 24.8 Å². The first-order valence-electron chi connectivity index (χ1n) is 5.88. The van der Waals surface area contributed by atoms with Crippen molar-refractivity contribution in [3.05, 3.63) is 18.1 Å². The number of nitrogens with zero attached hydrogens (tertiary/aromatic N) is 3. The van der Waals surface area contributed by atoms with Crippen LogP contribution in [0.25, 0.3) is 0 Å². The summed E-state index contributed by atoms with van der Waals surface area (Å²) < 4.78 is 0. The van der Waals surface area contributed by atoms with Gasteiger partial charge < -0.3 is 10.0 Å². The van der Waals surface area contributed by atoms with E-state index >= 15 is 0 Å². The lowest BCUT2D eigenvalue weighted by Crippen LogP contribution is -2.24. The van der Waals surface area contributed by atoms with Crippen LogP contribution in [0.15, 0.2) is 12.3 Å². The molecule has 1 atom stereocenters. The highest BCUT2D eigenvalue weighted by Gasteiger charge is 2.28. The topological polar surface area (TPSA) is 66.3 Å². The van der Waals surface area contributed by atoms with Crippen molar-refractivity contribution >= 4 is 11.8 Å². The number of aromatic nitrogens is 2. The van der Waals surface area contributed by atoms with Crippen LogP contribution in [-0.2, 0) is 4.79 Å². The summed E-state index contributed by atoms with van der Waals surface area (Å²) in [6, 6.07) is 1.84. The minimum atomic E-state index is -0.717. The van der Waals surface area contributed by atoms with Crippen LogP contribution in [0.5, 0.6) is 0 Å². The minimum Gasteiger partial charge on any atom is -0.481 e. The molecular formula is C12H17N3O2. The third-order valence-corrected chi connectivity index (χ3v) is 3.04. The van der Waals surface area contributed by atoms with E-state index in [1.165, 1.54) is 0 Å². The predicted molar refractivity (Wildman–Crippen MR) is 64.1 cm³/mol. The van der Waals surface area contributed by atoms with E-state index in [1.54, 1.807) is 6.20 Å². The second kappa shape index (κ2) is 4.69. The third kappa shape index (κ3) is 2.54. The van der Waals surface area contributed by atoms with Crippen LogP contribution in [0.3, 0.4) is 0 Å². The normalized spacial score (nSPS) is 19.9. The van der Waals surface area contributed by atoms with Gasteiger partial charge in [0.2, 0.25) is 0 Å². The number of hydrogen-bond acceptors (Lipinski definition) is 4. The number of carbonyl (C=O) groups is 1. The summed E-state index contributed by atoms with van der Waals surface area (Å²) in [4.78, 5) is 21.6. The summed E-state index contributed by atoms with van der Waals surface area (Å²) in [7, 11) is 0. The van der Waals surface area contributed by atoms with Gasteiger partial charge in [0, 0.05) is 25.2 Å². The fourth-order valence-electron chi connectivity index (χ4n) is 1.99. The van der Waals surface area contributed by atoms with E-state index in [0.717, 1.165) is 18.2 Å². The zero-order valence-electron chi connectivity index (χ0n) is 10.1. The minimum absolute atomic E-state index is 0.271. The van der Waals surface area contributed by atoms with Gasteiger partial charge in [-0.25, -0.2) is 9.97 Å². The van der Waals surface area contributed by atoms with Gasteiger partial charge in [0.1, 0.15) is 11.6 Å². The monoisotopic (exact) mass is 235 g/mol. The van der Waals surface area contributed by atoms with Crippen molar-refractivity contribution in [3.63, 3.8) is 0 Å².